The summed E-state index contributed by atoms with van der Waals surface area (Å²) in [6.07, 6.45) is 5.63. The molecule has 0 aromatic heterocycles. The molecule has 0 saturated heterocycles. The van der Waals surface area contributed by atoms with Crippen LogP contribution in [0.1, 0.15) is 46.5 Å². The first-order valence-corrected chi connectivity index (χ1v) is 5.28. The van der Waals surface area contributed by atoms with Crippen LogP contribution in [0.25, 0.3) is 0 Å². The van der Waals surface area contributed by atoms with Crippen LogP contribution in [0, 0.1) is 17.8 Å². The van der Waals surface area contributed by atoms with Crippen LogP contribution in [-0.2, 0) is 0 Å². The Balaban J connectivity index is 2.64. The molecular formula is C12H22. The molecule has 0 radical (unpaired) electrons. The molecular weight excluding hydrogens is 144 g/mol. The van der Waals surface area contributed by atoms with Crippen LogP contribution in [0.3, 0.4) is 0 Å². The van der Waals surface area contributed by atoms with Crippen molar-refractivity contribution < 1.29 is 0 Å². The van der Waals surface area contributed by atoms with E-state index in [9.17, 15) is 0 Å². The molecule has 70 valence electrons. The zero-order valence-corrected chi connectivity index (χ0v) is 8.77. The molecule has 0 aromatic carbocycles. The number of rotatable bonds is 1. The molecule has 12 heavy (non-hydrogen) atoms. The van der Waals surface area contributed by atoms with Crippen LogP contribution in [-0.4, -0.2) is 0 Å². The molecule has 0 heterocycles. The Morgan fingerprint density at radius 1 is 1.17 bits per heavy atom. The Morgan fingerprint density at radius 2 is 1.75 bits per heavy atom. The predicted octanol–water partition coefficient (Wildman–Crippen LogP) is 4.02. The lowest BCUT2D eigenvalue weighted by Gasteiger charge is -2.26. The second kappa shape index (κ2) is 4.11. The van der Waals surface area contributed by atoms with Crippen LogP contribution >= 0.6 is 0 Å². The third kappa shape index (κ3) is 2.12. The lowest BCUT2D eigenvalue weighted by molar-refractivity contribution is 0.298. The van der Waals surface area contributed by atoms with Crippen LogP contribution in [0.2, 0.25) is 0 Å². The van der Waals surface area contributed by atoms with E-state index in [1.54, 1.807) is 0 Å². The van der Waals surface area contributed by atoms with Gasteiger partial charge in [-0.15, -0.1) is 0 Å². The maximum absolute atomic E-state index is 4.11. The monoisotopic (exact) mass is 166 g/mol. The second-order valence-corrected chi connectivity index (χ2v) is 4.57. The summed E-state index contributed by atoms with van der Waals surface area (Å²) in [7, 11) is 0. The third-order valence-corrected chi connectivity index (χ3v) is 3.59. The van der Waals surface area contributed by atoms with Crippen molar-refractivity contribution in [2.24, 2.45) is 17.8 Å². The van der Waals surface area contributed by atoms with Crippen molar-refractivity contribution >= 4 is 0 Å². The maximum atomic E-state index is 4.11. The summed E-state index contributed by atoms with van der Waals surface area (Å²) < 4.78 is 0. The van der Waals surface area contributed by atoms with Gasteiger partial charge >= 0.3 is 0 Å². The SMILES string of the molecule is C=C(C)C1CCCCC(C)C1C. The fourth-order valence-corrected chi connectivity index (χ4v) is 2.45. The summed E-state index contributed by atoms with van der Waals surface area (Å²) in [4.78, 5) is 0. The molecule has 0 N–H and O–H groups in total. The Morgan fingerprint density at radius 3 is 2.33 bits per heavy atom. The number of hydrogen-bond donors (Lipinski definition) is 0. The van der Waals surface area contributed by atoms with E-state index < -0.39 is 0 Å². The summed E-state index contributed by atoms with van der Waals surface area (Å²) in [5.74, 6) is 2.54. The van der Waals surface area contributed by atoms with E-state index in [2.05, 4.69) is 27.4 Å². The van der Waals surface area contributed by atoms with E-state index in [0.29, 0.717) is 0 Å². The Hall–Kier alpha value is -0.260. The molecule has 1 fully saturated rings. The molecule has 0 amide bonds. The van der Waals surface area contributed by atoms with E-state index in [4.69, 9.17) is 0 Å². The predicted molar refractivity (Wildman–Crippen MR) is 55.1 cm³/mol. The summed E-state index contributed by atoms with van der Waals surface area (Å²) in [5, 5.41) is 0. The highest BCUT2D eigenvalue weighted by atomic mass is 14.3. The van der Waals surface area contributed by atoms with Crippen molar-refractivity contribution in [3.05, 3.63) is 12.2 Å². The fraction of sp³-hybridized carbons (Fsp3) is 0.833. The minimum absolute atomic E-state index is 0.794. The van der Waals surface area contributed by atoms with Crippen molar-refractivity contribution in [2.45, 2.75) is 46.5 Å². The molecule has 1 rings (SSSR count). The van der Waals surface area contributed by atoms with Gasteiger partial charge in [0.05, 0.1) is 0 Å². The van der Waals surface area contributed by atoms with E-state index in [-0.39, 0.29) is 0 Å². The maximum Gasteiger partial charge on any atom is -0.0180 e. The topological polar surface area (TPSA) is 0 Å². The summed E-state index contributed by atoms with van der Waals surface area (Å²) in [6.45, 7) is 11.1. The van der Waals surface area contributed by atoms with Gasteiger partial charge in [-0.2, -0.15) is 0 Å². The molecule has 0 bridgehead atoms. The molecule has 0 heteroatoms. The van der Waals surface area contributed by atoms with Crippen LogP contribution in [0.5, 0.6) is 0 Å². The van der Waals surface area contributed by atoms with Gasteiger partial charge < -0.3 is 0 Å². The van der Waals surface area contributed by atoms with Crippen LogP contribution in [0.15, 0.2) is 12.2 Å². The van der Waals surface area contributed by atoms with Crippen molar-refractivity contribution in [3.8, 4) is 0 Å². The lowest BCUT2D eigenvalue weighted by Crippen LogP contribution is -2.17. The standard InChI is InChI=1S/C12H22/c1-9(2)12-8-6-5-7-10(3)11(12)4/h10-12H,1,5-8H2,2-4H3. The average Bonchev–Trinajstić information content (AvgIpc) is 2.15. The van der Waals surface area contributed by atoms with Gasteiger partial charge in [-0.3, -0.25) is 0 Å². The molecule has 3 unspecified atom stereocenters. The summed E-state index contributed by atoms with van der Waals surface area (Å²) >= 11 is 0. The van der Waals surface area contributed by atoms with Gasteiger partial charge in [0.2, 0.25) is 0 Å². The third-order valence-electron chi connectivity index (χ3n) is 3.59. The first kappa shape index (κ1) is 9.83. The van der Waals surface area contributed by atoms with Gasteiger partial charge in [0.25, 0.3) is 0 Å². The van der Waals surface area contributed by atoms with E-state index in [1.165, 1.54) is 31.3 Å². The molecule has 0 aromatic rings. The summed E-state index contributed by atoms with van der Waals surface area (Å²) in [6, 6.07) is 0. The quantitative estimate of drug-likeness (QED) is 0.407. The van der Waals surface area contributed by atoms with E-state index >= 15 is 0 Å². The molecule has 1 saturated carbocycles. The van der Waals surface area contributed by atoms with Gasteiger partial charge in [-0.1, -0.05) is 45.3 Å². The summed E-state index contributed by atoms with van der Waals surface area (Å²) in [5.41, 5.74) is 1.40. The largest absolute Gasteiger partial charge is 0.0999 e. The average molecular weight is 166 g/mol. The fourth-order valence-electron chi connectivity index (χ4n) is 2.45. The van der Waals surface area contributed by atoms with Crippen LogP contribution < -0.4 is 0 Å². The van der Waals surface area contributed by atoms with Crippen molar-refractivity contribution in [1.82, 2.24) is 0 Å². The van der Waals surface area contributed by atoms with Gasteiger partial charge in [0, 0.05) is 0 Å². The van der Waals surface area contributed by atoms with Gasteiger partial charge in [0.15, 0.2) is 0 Å². The highest BCUT2D eigenvalue weighted by Crippen LogP contribution is 2.36. The molecule has 0 aliphatic heterocycles. The Labute approximate surface area is 77.1 Å². The highest BCUT2D eigenvalue weighted by molar-refractivity contribution is 4.99. The first-order valence-electron chi connectivity index (χ1n) is 5.28. The zero-order chi connectivity index (χ0) is 9.14. The zero-order valence-electron chi connectivity index (χ0n) is 8.77. The van der Waals surface area contributed by atoms with E-state index in [0.717, 1.165) is 17.8 Å². The normalized spacial score (nSPS) is 37.4. The number of hydrogen-bond acceptors (Lipinski definition) is 0. The van der Waals surface area contributed by atoms with Crippen molar-refractivity contribution in [2.75, 3.05) is 0 Å². The lowest BCUT2D eigenvalue weighted by atomic mass is 9.79. The highest BCUT2D eigenvalue weighted by Gasteiger charge is 2.25. The molecule has 0 nitrogen and oxygen atoms in total. The molecule has 0 spiro atoms. The van der Waals surface area contributed by atoms with Gasteiger partial charge in [-0.05, 0) is 31.1 Å². The van der Waals surface area contributed by atoms with Gasteiger partial charge in [-0.25, -0.2) is 0 Å². The minimum atomic E-state index is 0.794. The van der Waals surface area contributed by atoms with E-state index in [1.807, 2.05) is 0 Å². The van der Waals surface area contributed by atoms with Crippen molar-refractivity contribution in [1.29, 1.82) is 0 Å². The van der Waals surface area contributed by atoms with Crippen molar-refractivity contribution in [3.63, 3.8) is 0 Å². The smallest absolute Gasteiger partial charge is 0.0180 e. The second-order valence-electron chi connectivity index (χ2n) is 4.57. The van der Waals surface area contributed by atoms with Crippen LogP contribution in [0.4, 0.5) is 0 Å². The first-order chi connectivity index (χ1) is 5.63. The Kier molecular flexibility index (Phi) is 3.37. The minimum Gasteiger partial charge on any atom is -0.0999 e. The molecule has 1 aliphatic rings. The Bertz CT molecular complexity index is 157. The molecule has 3 atom stereocenters. The molecule has 1 aliphatic carbocycles. The van der Waals surface area contributed by atoms with Gasteiger partial charge in [0.1, 0.15) is 0 Å². The number of allylic oxidation sites excluding steroid dienone is 1.